The fourth-order valence-electron chi connectivity index (χ4n) is 3.55. The molecule has 5 rings (SSSR count). The fourth-order valence-corrected chi connectivity index (χ4v) is 5.50. The van der Waals surface area contributed by atoms with Crippen molar-refractivity contribution in [2.45, 2.75) is 11.8 Å². The number of fused-ring (bicyclic) bond motifs is 1. The molecule has 0 aliphatic heterocycles. The van der Waals surface area contributed by atoms with Crippen LogP contribution >= 0.6 is 15.9 Å². The van der Waals surface area contributed by atoms with E-state index in [2.05, 4.69) is 26.1 Å². The summed E-state index contributed by atoms with van der Waals surface area (Å²) in [5.74, 6) is -0.303. The second kappa shape index (κ2) is 8.17. The second-order valence-electron chi connectivity index (χ2n) is 7.46. The molecule has 0 fully saturated rings. The number of hydrogen-bond donors (Lipinski definition) is 1. The SMILES string of the molecule is Cc1ccc(S(=O)(=O)n2ccc3c(Br)c(Oc4cccc(-c5ccn[nH]5)c4)c(F)cc32)cc1. The summed E-state index contributed by atoms with van der Waals surface area (Å²) in [4.78, 5) is 0.123. The standard InChI is InChI=1S/C24H17BrFN3O3S/c1-15-5-7-18(8-6-15)33(30,31)29-12-10-19-22(29)14-20(26)24(23(19)25)32-17-4-2-3-16(13-17)21-9-11-27-28-21/h2-14H,1H3,(H,27,28). The fraction of sp³-hybridized carbons (Fsp3) is 0.0417. The summed E-state index contributed by atoms with van der Waals surface area (Å²) in [6, 6.07) is 18.2. The van der Waals surface area contributed by atoms with Crippen molar-refractivity contribution in [1.29, 1.82) is 0 Å². The van der Waals surface area contributed by atoms with Gasteiger partial charge in [0.25, 0.3) is 10.0 Å². The highest BCUT2D eigenvalue weighted by Gasteiger charge is 2.23. The minimum Gasteiger partial charge on any atom is -0.453 e. The van der Waals surface area contributed by atoms with Crippen LogP contribution < -0.4 is 4.74 Å². The summed E-state index contributed by atoms with van der Waals surface area (Å²) < 4.78 is 48.7. The number of hydrogen-bond acceptors (Lipinski definition) is 4. The number of aromatic nitrogens is 3. The van der Waals surface area contributed by atoms with E-state index in [0.717, 1.165) is 20.8 Å². The first-order valence-electron chi connectivity index (χ1n) is 9.93. The number of aryl methyl sites for hydroxylation is 1. The number of ether oxygens (including phenoxy) is 1. The van der Waals surface area contributed by atoms with E-state index in [1.54, 1.807) is 42.6 Å². The average Bonchev–Trinajstić information content (AvgIpc) is 3.48. The van der Waals surface area contributed by atoms with Crippen molar-refractivity contribution in [2.75, 3.05) is 0 Å². The quantitative estimate of drug-likeness (QED) is 0.293. The van der Waals surface area contributed by atoms with Gasteiger partial charge in [-0.05, 0) is 59.3 Å². The number of benzene rings is 3. The molecule has 0 spiro atoms. The van der Waals surface area contributed by atoms with Crippen molar-refractivity contribution >= 4 is 36.9 Å². The van der Waals surface area contributed by atoms with E-state index in [4.69, 9.17) is 4.74 Å². The number of H-pyrrole nitrogens is 1. The van der Waals surface area contributed by atoms with Gasteiger partial charge in [0.15, 0.2) is 11.6 Å². The van der Waals surface area contributed by atoms with Crippen LogP contribution in [-0.2, 0) is 10.0 Å². The highest BCUT2D eigenvalue weighted by molar-refractivity contribution is 9.10. The molecule has 0 saturated carbocycles. The molecule has 3 aromatic carbocycles. The van der Waals surface area contributed by atoms with Crippen LogP contribution in [-0.4, -0.2) is 22.6 Å². The average molecular weight is 526 g/mol. The lowest BCUT2D eigenvalue weighted by Crippen LogP contribution is -2.12. The van der Waals surface area contributed by atoms with Crippen molar-refractivity contribution in [1.82, 2.24) is 14.2 Å². The number of nitrogens with zero attached hydrogens (tertiary/aromatic N) is 2. The summed E-state index contributed by atoms with van der Waals surface area (Å²) >= 11 is 3.40. The smallest absolute Gasteiger partial charge is 0.268 e. The number of nitrogens with one attached hydrogen (secondary N) is 1. The Hall–Kier alpha value is -3.43. The summed E-state index contributed by atoms with van der Waals surface area (Å²) in [5, 5.41) is 7.32. The van der Waals surface area contributed by atoms with Crippen LogP contribution in [0.25, 0.3) is 22.2 Å². The highest BCUT2D eigenvalue weighted by atomic mass is 79.9. The van der Waals surface area contributed by atoms with Gasteiger partial charge in [0, 0.05) is 29.4 Å². The largest absolute Gasteiger partial charge is 0.453 e. The molecule has 0 aliphatic rings. The van der Waals surface area contributed by atoms with E-state index < -0.39 is 15.8 Å². The zero-order valence-electron chi connectivity index (χ0n) is 17.3. The van der Waals surface area contributed by atoms with E-state index >= 15 is 4.39 Å². The minimum atomic E-state index is -3.90. The van der Waals surface area contributed by atoms with Gasteiger partial charge in [0.05, 0.1) is 20.6 Å². The zero-order chi connectivity index (χ0) is 23.2. The Kier molecular flexibility index (Phi) is 5.30. The maximum Gasteiger partial charge on any atom is 0.268 e. The first-order valence-corrected chi connectivity index (χ1v) is 12.2. The summed E-state index contributed by atoms with van der Waals surface area (Å²) in [5.41, 5.74) is 2.78. The van der Waals surface area contributed by atoms with Crippen LogP contribution in [0.3, 0.4) is 0 Å². The van der Waals surface area contributed by atoms with Gasteiger partial charge in [0.2, 0.25) is 0 Å². The van der Waals surface area contributed by atoms with E-state index in [0.29, 0.717) is 15.6 Å². The maximum atomic E-state index is 15.2. The molecular weight excluding hydrogens is 509 g/mol. The Morgan fingerprint density at radius 2 is 1.85 bits per heavy atom. The molecule has 33 heavy (non-hydrogen) atoms. The van der Waals surface area contributed by atoms with Gasteiger partial charge in [-0.2, -0.15) is 5.10 Å². The zero-order valence-corrected chi connectivity index (χ0v) is 19.7. The molecule has 0 bridgehead atoms. The van der Waals surface area contributed by atoms with Gasteiger partial charge in [-0.1, -0.05) is 29.8 Å². The molecule has 2 heterocycles. The van der Waals surface area contributed by atoms with Crippen LogP contribution in [0.4, 0.5) is 4.39 Å². The topological polar surface area (TPSA) is 77.0 Å². The Morgan fingerprint density at radius 1 is 1.06 bits per heavy atom. The predicted octanol–water partition coefficient (Wildman–Crippen LogP) is 6.27. The van der Waals surface area contributed by atoms with Gasteiger partial charge in [-0.15, -0.1) is 0 Å². The molecule has 1 N–H and O–H groups in total. The molecule has 0 amide bonds. The van der Waals surface area contributed by atoms with Crippen molar-refractivity contribution in [3.8, 4) is 22.8 Å². The molecule has 6 nitrogen and oxygen atoms in total. The van der Waals surface area contributed by atoms with Gasteiger partial charge in [-0.25, -0.2) is 16.8 Å². The lowest BCUT2D eigenvalue weighted by molar-refractivity contribution is 0.440. The lowest BCUT2D eigenvalue weighted by Gasteiger charge is -2.12. The van der Waals surface area contributed by atoms with E-state index in [-0.39, 0.29) is 16.2 Å². The van der Waals surface area contributed by atoms with Crippen molar-refractivity contribution < 1.29 is 17.5 Å². The molecule has 0 aliphatic carbocycles. The molecule has 2 aromatic heterocycles. The van der Waals surface area contributed by atoms with Gasteiger partial charge >= 0.3 is 0 Å². The van der Waals surface area contributed by atoms with Crippen molar-refractivity contribution in [2.24, 2.45) is 0 Å². The van der Waals surface area contributed by atoms with E-state index in [1.165, 1.54) is 24.4 Å². The van der Waals surface area contributed by atoms with Crippen LogP contribution in [0.2, 0.25) is 0 Å². The van der Waals surface area contributed by atoms with Crippen LogP contribution in [0.5, 0.6) is 11.5 Å². The van der Waals surface area contributed by atoms with Gasteiger partial charge in [-0.3, -0.25) is 5.10 Å². The molecule has 0 unspecified atom stereocenters. The number of aromatic amines is 1. The van der Waals surface area contributed by atoms with E-state index in [1.807, 2.05) is 19.1 Å². The molecule has 0 saturated heterocycles. The second-order valence-corrected chi connectivity index (χ2v) is 10.1. The summed E-state index contributed by atoms with van der Waals surface area (Å²) in [7, 11) is -3.90. The molecule has 0 radical (unpaired) electrons. The normalized spacial score (nSPS) is 11.7. The molecule has 9 heteroatoms. The molecule has 166 valence electrons. The Morgan fingerprint density at radius 3 is 2.58 bits per heavy atom. The van der Waals surface area contributed by atoms with Crippen LogP contribution in [0.1, 0.15) is 5.56 Å². The molecule has 5 aromatic rings. The maximum absolute atomic E-state index is 15.2. The third-order valence-corrected chi connectivity index (χ3v) is 7.74. The lowest BCUT2D eigenvalue weighted by atomic mass is 10.1. The summed E-state index contributed by atoms with van der Waals surface area (Å²) in [6.45, 7) is 1.88. The van der Waals surface area contributed by atoms with Gasteiger partial charge < -0.3 is 4.74 Å². The number of rotatable bonds is 5. The number of halogens is 2. The first kappa shape index (κ1) is 21.4. The third kappa shape index (κ3) is 3.83. The summed E-state index contributed by atoms with van der Waals surface area (Å²) in [6.07, 6.45) is 3.05. The van der Waals surface area contributed by atoms with Crippen molar-refractivity contribution in [3.63, 3.8) is 0 Å². The minimum absolute atomic E-state index is 0.0326. The highest BCUT2D eigenvalue weighted by Crippen LogP contribution is 2.40. The Balaban J connectivity index is 1.56. The van der Waals surface area contributed by atoms with Crippen LogP contribution in [0.15, 0.2) is 88.5 Å². The third-order valence-electron chi connectivity index (χ3n) is 5.25. The molecular formula is C24H17BrFN3O3S. The predicted molar refractivity (Wildman–Crippen MR) is 127 cm³/mol. The van der Waals surface area contributed by atoms with Gasteiger partial charge in [0.1, 0.15) is 5.75 Å². The first-order chi connectivity index (χ1) is 15.8. The monoisotopic (exact) mass is 525 g/mol. The Bertz CT molecular complexity index is 1580. The van der Waals surface area contributed by atoms with Crippen molar-refractivity contribution in [3.05, 3.63) is 95.0 Å². The van der Waals surface area contributed by atoms with Crippen LogP contribution in [0, 0.1) is 12.7 Å². The molecule has 0 atom stereocenters. The Labute approximate surface area is 197 Å². The van der Waals surface area contributed by atoms with E-state index in [9.17, 15) is 8.42 Å².